The Hall–Kier alpha value is -2.71. The van der Waals surface area contributed by atoms with Gasteiger partial charge in [-0.25, -0.2) is 0 Å². The average molecular weight is 527 g/mol. The predicted octanol–water partition coefficient (Wildman–Crippen LogP) is 6.50. The molecule has 7 nitrogen and oxygen atoms in total. The smallest absolute Gasteiger partial charge is 0.271 e. The van der Waals surface area contributed by atoms with E-state index in [0.29, 0.717) is 60.1 Å². The second-order valence-corrected chi connectivity index (χ2v) is 7.93. The van der Waals surface area contributed by atoms with Gasteiger partial charge < -0.3 is 20.1 Å². The molecule has 0 bridgehead atoms. The highest BCUT2D eigenvalue weighted by atomic mass is 35.5. The molecule has 0 aliphatic rings. The summed E-state index contributed by atoms with van der Waals surface area (Å²) in [6, 6.07) is 17.8. The highest BCUT2D eigenvalue weighted by Crippen LogP contribution is 2.30. The van der Waals surface area contributed by atoms with Crippen molar-refractivity contribution in [1.29, 1.82) is 0 Å². The highest BCUT2D eigenvalue weighted by Gasteiger charge is 2.10. The van der Waals surface area contributed by atoms with Crippen LogP contribution in [-0.4, -0.2) is 24.6 Å². The highest BCUT2D eigenvalue weighted by molar-refractivity contribution is 6.33. The summed E-state index contributed by atoms with van der Waals surface area (Å²) < 4.78 is 11.7. The summed E-state index contributed by atoms with van der Waals surface area (Å²) in [5.41, 5.74) is 2.58. The molecule has 0 amide bonds. The molecule has 34 heavy (non-hydrogen) atoms. The molecule has 10 heteroatoms. The van der Waals surface area contributed by atoms with Crippen molar-refractivity contribution in [1.82, 2.24) is 5.32 Å². The number of nitrogens with one attached hydrogen (secondary N) is 2. The van der Waals surface area contributed by atoms with Crippen LogP contribution in [-0.2, 0) is 13.2 Å². The molecule has 0 saturated carbocycles. The maximum atomic E-state index is 10.8. The monoisotopic (exact) mass is 525 g/mol. The Morgan fingerprint density at radius 3 is 2.44 bits per heavy atom. The number of non-ortho nitro benzene ring substituents is 1. The third-order valence-corrected chi connectivity index (χ3v) is 5.44. The van der Waals surface area contributed by atoms with Crippen molar-refractivity contribution in [2.24, 2.45) is 0 Å². The number of hydrogen-bond acceptors (Lipinski definition) is 6. The number of halogens is 3. The molecule has 0 heterocycles. The van der Waals surface area contributed by atoms with E-state index in [-0.39, 0.29) is 18.1 Å². The van der Waals surface area contributed by atoms with E-state index >= 15 is 0 Å². The van der Waals surface area contributed by atoms with Gasteiger partial charge in [-0.3, -0.25) is 10.1 Å². The zero-order valence-corrected chi connectivity index (χ0v) is 20.9. The van der Waals surface area contributed by atoms with Gasteiger partial charge in [0.2, 0.25) is 0 Å². The molecule has 0 fully saturated rings. The van der Waals surface area contributed by atoms with Gasteiger partial charge in [0.05, 0.1) is 22.2 Å². The van der Waals surface area contributed by atoms with E-state index in [1.807, 2.05) is 49.4 Å². The molecule has 0 aromatic heterocycles. The lowest BCUT2D eigenvalue weighted by Crippen LogP contribution is -2.22. The molecular weight excluding hydrogens is 501 g/mol. The van der Waals surface area contributed by atoms with E-state index in [4.69, 9.17) is 32.7 Å². The number of rotatable bonds is 12. The first-order chi connectivity index (χ1) is 16.0. The molecule has 3 aromatic rings. The molecular formula is C24H26Cl3N3O4. The molecule has 0 aliphatic heterocycles. The Labute approximate surface area is 214 Å². The molecule has 0 atom stereocenters. The van der Waals surface area contributed by atoms with E-state index in [0.717, 1.165) is 11.1 Å². The Morgan fingerprint density at radius 2 is 1.74 bits per heavy atom. The van der Waals surface area contributed by atoms with Crippen molar-refractivity contribution >= 4 is 47.0 Å². The molecule has 0 saturated heterocycles. The number of anilines is 1. The van der Waals surface area contributed by atoms with Crippen LogP contribution in [0, 0.1) is 10.1 Å². The van der Waals surface area contributed by atoms with Crippen LogP contribution in [0.4, 0.5) is 11.4 Å². The first kappa shape index (κ1) is 27.5. The Balaban J connectivity index is 0.00000408. The van der Waals surface area contributed by atoms with Crippen LogP contribution in [0.1, 0.15) is 18.1 Å². The number of benzene rings is 3. The summed E-state index contributed by atoms with van der Waals surface area (Å²) in [6.07, 6.45) is 0. The normalized spacial score (nSPS) is 10.3. The quantitative estimate of drug-likeness (QED) is 0.159. The van der Waals surface area contributed by atoms with E-state index in [1.54, 1.807) is 6.07 Å². The molecule has 3 rings (SSSR count). The number of nitro groups is 1. The van der Waals surface area contributed by atoms with Gasteiger partial charge in [0.25, 0.3) is 5.69 Å². The lowest BCUT2D eigenvalue weighted by atomic mass is 10.2. The van der Waals surface area contributed by atoms with Crippen molar-refractivity contribution in [3.8, 4) is 11.5 Å². The van der Waals surface area contributed by atoms with E-state index in [1.165, 1.54) is 12.1 Å². The van der Waals surface area contributed by atoms with Crippen LogP contribution in [0.2, 0.25) is 10.0 Å². The van der Waals surface area contributed by atoms with Crippen molar-refractivity contribution in [2.45, 2.75) is 20.1 Å². The van der Waals surface area contributed by atoms with Gasteiger partial charge in [0.15, 0.2) is 11.5 Å². The van der Waals surface area contributed by atoms with Crippen LogP contribution in [0.15, 0.2) is 60.7 Å². The topological polar surface area (TPSA) is 85.7 Å². The van der Waals surface area contributed by atoms with Crippen LogP contribution < -0.4 is 20.1 Å². The summed E-state index contributed by atoms with van der Waals surface area (Å²) in [5.74, 6) is 1.34. The largest absolute Gasteiger partial charge is 0.490 e. The fourth-order valence-electron chi connectivity index (χ4n) is 3.10. The molecule has 3 aromatic carbocycles. The van der Waals surface area contributed by atoms with Gasteiger partial charge in [0, 0.05) is 42.4 Å². The fraction of sp³-hybridized carbons (Fsp3) is 0.250. The van der Waals surface area contributed by atoms with Crippen molar-refractivity contribution in [3.63, 3.8) is 0 Å². The van der Waals surface area contributed by atoms with Gasteiger partial charge in [-0.2, -0.15) is 0 Å². The van der Waals surface area contributed by atoms with Crippen LogP contribution in [0.25, 0.3) is 0 Å². The second-order valence-electron chi connectivity index (χ2n) is 7.12. The van der Waals surface area contributed by atoms with Crippen molar-refractivity contribution < 1.29 is 14.4 Å². The molecule has 0 spiro atoms. The lowest BCUT2D eigenvalue weighted by Gasteiger charge is -2.14. The van der Waals surface area contributed by atoms with E-state index in [2.05, 4.69) is 10.6 Å². The number of nitro benzene ring substituents is 1. The van der Waals surface area contributed by atoms with E-state index < -0.39 is 4.92 Å². The molecule has 2 N–H and O–H groups in total. The molecule has 0 radical (unpaired) electrons. The van der Waals surface area contributed by atoms with Gasteiger partial charge in [0.1, 0.15) is 6.61 Å². The lowest BCUT2D eigenvalue weighted by molar-refractivity contribution is -0.384. The Kier molecular flexibility index (Phi) is 11.2. The summed E-state index contributed by atoms with van der Waals surface area (Å²) in [4.78, 5) is 10.3. The van der Waals surface area contributed by atoms with Gasteiger partial charge in [-0.05, 0) is 36.8 Å². The maximum Gasteiger partial charge on any atom is 0.271 e. The van der Waals surface area contributed by atoms with Crippen molar-refractivity contribution in [2.75, 3.05) is 25.0 Å². The van der Waals surface area contributed by atoms with Gasteiger partial charge in [-0.15, -0.1) is 12.4 Å². The minimum Gasteiger partial charge on any atom is -0.490 e. The van der Waals surface area contributed by atoms with Gasteiger partial charge >= 0.3 is 0 Å². The minimum atomic E-state index is -0.471. The summed E-state index contributed by atoms with van der Waals surface area (Å²) in [6.45, 7) is 4.72. The average Bonchev–Trinajstić information content (AvgIpc) is 2.80. The Morgan fingerprint density at radius 1 is 0.941 bits per heavy atom. The summed E-state index contributed by atoms with van der Waals surface area (Å²) in [5, 5.41) is 18.3. The Bertz CT molecular complexity index is 1100. The summed E-state index contributed by atoms with van der Waals surface area (Å²) in [7, 11) is 0. The standard InChI is InChI=1S/C24H25Cl2N3O4.ClH/c1-2-32-24-13-17(7-10-23(24)33-16-18-5-3-4-6-20(18)25)15-27-11-12-28-22-9-8-19(29(30)31)14-21(22)26;/h3-10,13-14,27-28H,2,11-12,15-16H2,1H3;1H. The fourth-order valence-corrected chi connectivity index (χ4v) is 3.53. The molecule has 0 unspecified atom stereocenters. The third-order valence-electron chi connectivity index (χ3n) is 4.76. The van der Waals surface area contributed by atoms with E-state index in [9.17, 15) is 10.1 Å². The second kappa shape index (κ2) is 13.9. The van der Waals surface area contributed by atoms with Crippen LogP contribution >= 0.6 is 35.6 Å². The van der Waals surface area contributed by atoms with Crippen molar-refractivity contribution in [3.05, 3.63) is 92.0 Å². The zero-order valence-electron chi connectivity index (χ0n) is 18.6. The van der Waals surface area contributed by atoms with Gasteiger partial charge in [-0.1, -0.05) is 47.5 Å². The number of hydrogen-bond donors (Lipinski definition) is 2. The number of ether oxygens (including phenoxy) is 2. The molecule has 182 valence electrons. The first-order valence-electron chi connectivity index (χ1n) is 10.5. The van der Waals surface area contributed by atoms with Crippen LogP contribution in [0.3, 0.4) is 0 Å². The zero-order chi connectivity index (χ0) is 23.6. The molecule has 0 aliphatic carbocycles. The number of nitrogens with zero attached hydrogens (tertiary/aromatic N) is 1. The van der Waals surface area contributed by atoms with Crippen LogP contribution in [0.5, 0.6) is 11.5 Å². The first-order valence-corrected chi connectivity index (χ1v) is 11.2. The summed E-state index contributed by atoms with van der Waals surface area (Å²) >= 11 is 12.3. The third kappa shape index (κ3) is 7.95. The predicted molar refractivity (Wildman–Crippen MR) is 139 cm³/mol. The maximum absolute atomic E-state index is 10.8. The SMILES string of the molecule is CCOc1cc(CNCCNc2ccc([N+](=O)[O-])cc2Cl)ccc1OCc1ccccc1Cl.Cl. The minimum absolute atomic E-state index is 0.